The van der Waals surface area contributed by atoms with Gasteiger partial charge in [0.15, 0.2) is 0 Å². The average molecular weight is 293 g/mol. The highest BCUT2D eigenvalue weighted by Crippen LogP contribution is 2.47. The van der Waals surface area contributed by atoms with Gasteiger partial charge in [-0.05, 0) is 25.0 Å². The van der Waals surface area contributed by atoms with Crippen molar-refractivity contribution in [1.82, 2.24) is 10.1 Å². The topological polar surface area (TPSA) is 82.0 Å². The van der Waals surface area contributed by atoms with E-state index < -0.39 is 17.7 Å². The molecule has 1 heterocycles. The summed E-state index contributed by atoms with van der Waals surface area (Å²) in [6, 6.07) is 6.26. The van der Waals surface area contributed by atoms with E-state index in [0.29, 0.717) is 24.0 Å². The van der Waals surface area contributed by atoms with Crippen molar-refractivity contribution < 1.29 is 18.1 Å². The van der Waals surface area contributed by atoms with Gasteiger partial charge < -0.3 is 10.3 Å². The number of amides is 1. The largest absolute Gasteiger partial charge is 0.366 e. The van der Waals surface area contributed by atoms with E-state index in [0.717, 1.165) is 6.42 Å². The van der Waals surface area contributed by atoms with E-state index in [1.807, 2.05) is 0 Å². The van der Waals surface area contributed by atoms with Gasteiger partial charge in [0.25, 0.3) is 6.43 Å². The predicted molar refractivity (Wildman–Crippen MR) is 69.8 cm³/mol. The number of rotatable bonds is 4. The van der Waals surface area contributed by atoms with Crippen LogP contribution in [0.25, 0.3) is 11.4 Å². The highest BCUT2D eigenvalue weighted by atomic mass is 19.3. The number of halogens is 2. The SMILES string of the molecule is NC(=O)c1ccc(-c2noc(C3(C(F)F)CCC3)n2)cc1. The smallest absolute Gasteiger partial charge is 0.252 e. The third-order valence-corrected chi connectivity index (χ3v) is 3.94. The summed E-state index contributed by atoms with van der Waals surface area (Å²) in [7, 11) is 0. The molecule has 1 fully saturated rings. The Morgan fingerprint density at radius 1 is 1.29 bits per heavy atom. The maximum Gasteiger partial charge on any atom is 0.252 e. The van der Waals surface area contributed by atoms with Crippen LogP contribution in [0.1, 0.15) is 35.5 Å². The summed E-state index contributed by atoms with van der Waals surface area (Å²) >= 11 is 0. The van der Waals surface area contributed by atoms with Crippen molar-refractivity contribution in [3.8, 4) is 11.4 Å². The normalized spacial score (nSPS) is 16.7. The standard InChI is InChI=1S/C14H13F2N3O2/c15-12(16)14(6-1-7-14)13-18-11(19-21-13)9-4-2-8(3-5-9)10(17)20/h2-5,12H,1,6-7H2,(H2,17,20). The van der Waals surface area contributed by atoms with E-state index in [2.05, 4.69) is 10.1 Å². The zero-order valence-electron chi connectivity index (χ0n) is 11.1. The van der Waals surface area contributed by atoms with Crippen LogP contribution in [-0.2, 0) is 5.41 Å². The lowest BCUT2D eigenvalue weighted by molar-refractivity contribution is -0.0186. The molecule has 0 aliphatic heterocycles. The minimum Gasteiger partial charge on any atom is -0.366 e. The second-order valence-electron chi connectivity index (χ2n) is 5.18. The summed E-state index contributed by atoms with van der Waals surface area (Å²) in [5.74, 6) is -0.327. The fourth-order valence-corrected chi connectivity index (χ4v) is 2.41. The van der Waals surface area contributed by atoms with Crippen LogP contribution in [0.2, 0.25) is 0 Å². The van der Waals surface area contributed by atoms with Crippen molar-refractivity contribution in [2.24, 2.45) is 5.73 Å². The molecule has 2 aromatic rings. The fourth-order valence-electron chi connectivity index (χ4n) is 2.41. The van der Waals surface area contributed by atoms with E-state index in [4.69, 9.17) is 10.3 Å². The Bertz CT molecular complexity index is 663. The van der Waals surface area contributed by atoms with E-state index in [-0.39, 0.29) is 11.7 Å². The molecule has 1 aromatic carbocycles. The molecule has 1 aromatic heterocycles. The van der Waals surface area contributed by atoms with Crippen molar-refractivity contribution in [1.29, 1.82) is 0 Å². The van der Waals surface area contributed by atoms with Crippen LogP contribution < -0.4 is 5.73 Å². The quantitative estimate of drug-likeness (QED) is 0.939. The van der Waals surface area contributed by atoms with E-state index in [1.54, 1.807) is 12.1 Å². The second-order valence-corrected chi connectivity index (χ2v) is 5.18. The molecule has 0 saturated heterocycles. The molecule has 2 N–H and O–H groups in total. The van der Waals surface area contributed by atoms with Gasteiger partial charge >= 0.3 is 0 Å². The first-order valence-electron chi connectivity index (χ1n) is 6.55. The third-order valence-electron chi connectivity index (χ3n) is 3.94. The summed E-state index contributed by atoms with van der Waals surface area (Å²) in [4.78, 5) is 15.1. The Morgan fingerprint density at radius 3 is 2.43 bits per heavy atom. The molecule has 0 atom stereocenters. The van der Waals surface area contributed by atoms with Crippen LogP contribution in [0, 0.1) is 0 Å². The zero-order valence-corrected chi connectivity index (χ0v) is 11.1. The maximum absolute atomic E-state index is 13.2. The summed E-state index contributed by atoms with van der Waals surface area (Å²) in [5, 5.41) is 3.76. The van der Waals surface area contributed by atoms with Gasteiger partial charge in [-0.3, -0.25) is 4.79 Å². The van der Waals surface area contributed by atoms with E-state index in [1.165, 1.54) is 12.1 Å². The number of hydrogen-bond donors (Lipinski definition) is 1. The van der Waals surface area contributed by atoms with Crippen LogP contribution in [0.5, 0.6) is 0 Å². The Labute approximate surface area is 119 Å². The minimum absolute atomic E-state index is 0.0160. The number of alkyl halides is 2. The Balaban J connectivity index is 1.89. The van der Waals surface area contributed by atoms with Crippen LogP contribution in [0.3, 0.4) is 0 Å². The lowest BCUT2D eigenvalue weighted by Crippen LogP contribution is -2.41. The van der Waals surface area contributed by atoms with E-state index in [9.17, 15) is 13.6 Å². The van der Waals surface area contributed by atoms with Crippen molar-refractivity contribution in [3.05, 3.63) is 35.7 Å². The average Bonchev–Trinajstić information content (AvgIpc) is 2.87. The van der Waals surface area contributed by atoms with Crippen LogP contribution in [0.15, 0.2) is 28.8 Å². The molecule has 1 amide bonds. The second kappa shape index (κ2) is 4.91. The molecular formula is C14H13F2N3O2. The Kier molecular flexibility index (Phi) is 3.19. The molecule has 0 spiro atoms. The molecular weight excluding hydrogens is 280 g/mol. The monoisotopic (exact) mass is 293 g/mol. The molecule has 3 rings (SSSR count). The first-order chi connectivity index (χ1) is 10.0. The van der Waals surface area contributed by atoms with Crippen molar-refractivity contribution in [2.75, 3.05) is 0 Å². The Hall–Kier alpha value is -2.31. The molecule has 0 bridgehead atoms. The highest BCUT2D eigenvalue weighted by Gasteiger charge is 2.51. The number of benzene rings is 1. The lowest BCUT2D eigenvalue weighted by atomic mass is 9.69. The molecule has 21 heavy (non-hydrogen) atoms. The summed E-state index contributed by atoms with van der Waals surface area (Å²) in [6.45, 7) is 0. The van der Waals surface area contributed by atoms with Gasteiger partial charge in [-0.1, -0.05) is 23.7 Å². The lowest BCUT2D eigenvalue weighted by Gasteiger charge is -2.37. The van der Waals surface area contributed by atoms with Gasteiger partial charge in [-0.2, -0.15) is 4.98 Å². The summed E-state index contributed by atoms with van der Waals surface area (Å²) in [6.07, 6.45) is -1.08. The number of primary amides is 1. The molecule has 7 heteroatoms. The van der Waals surface area contributed by atoms with Crippen LogP contribution >= 0.6 is 0 Å². The molecule has 5 nitrogen and oxygen atoms in total. The minimum atomic E-state index is -2.52. The predicted octanol–water partition coefficient (Wildman–Crippen LogP) is 2.52. The zero-order chi connectivity index (χ0) is 15.0. The number of hydrogen-bond acceptors (Lipinski definition) is 4. The van der Waals surface area contributed by atoms with Crippen molar-refractivity contribution >= 4 is 5.91 Å². The Morgan fingerprint density at radius 2 is 1.95 bits per heavy atom. The van der Waals surface area contributed by atoms with Gasteiger partial charge in [0.05, 0.1) is 0 Å². The molecule has 1 aliphatic carbocycles. The van der Waals surface area contributed by atoms with Gasteiger partial charge in [0, 0.05) is 11.1 Å². The molecule has 0 unspecified atom stereocenters. The molecule has 110 valence electrons. The van der Waals surface area contributed by atoms with Crippen LogP contribution in [0.4, 0.5) is 8.78 Å². The maximum atomic E-state index is 13.2. The van der Waals surface area contributed by atoms with Gasteiger partial charge in [-0.25, -0.2) is 8.78 Å². The highest BCUT2D eigenvalue weighted by molar-refractivity contribution is 5.93. The van der Waals surface area contributed by atoms with E-state index >= 15 is 0 Å². The van der Waals surface area contributed by atoms with Gasteiger partial charge in [0.1, 0.15) is 5.41 Å². The van der Waals surface area contributed by atoms with Crippen molar-refractivity contribution in [2.45, 2.75) is 31.1 Å². The first-order valence-corrected chi connectivity index (χ1v) is 6.55. The third kappa shape index (κ3) is 2.18. The number of nitrogens with two attached hydrogens (primary N) is 1. The van der Waals surface area contributed by atoms with Crippen LogP contribution in [-0.4, -0.2) is 22.5 Å². The number of carbonyl (C=O) groups excluding carboxylic acids is 1. The number of aromatic nitrogens is 2. The molecule has 0 radical (unpaired) electrons. The van der Waals surface area contributed by atoms with Gasteiger partial charge in [-0.15, -0.1) is 0 Å². The summed E-state index contributed by atoms with van der Waals surface area (Å²) < 4.78 is 31.4. The van der Waals surface area contributed by atoms with Crippen molar-refractivity contribution in [3.63, 3.8) is 0 Å². The van der Waals surface area contributed by atoms with Gasteiger partial charge in [0.2, 0.25) is 17.6 Å². The number of nitrogens with zero attached hydrogens (tertiary/aromatic N) is 2. The first kappa shape index (κ1) is 13.7. The molecule has 1 saturated carbocycles. The molecule has 1 aliphatic rings. The fraction of sp³-hybridized carbons (Fsp3) is 0.357. The number of carbonyl (C=O) groups is 1. The summed E-state index contributed by atoms with van der Waals surface area (Å²) in [5.41, 5.74) is 4.79.